The molecule has 7 heteroatoms. The maximum Gasteiger partial charge on any atom is 0.337 e. The van der Waals surface area contributed by atoms with Crippen LogP contribution in [0, 0.1) is 12.3 Å². The van der Waals surface area contributed by atoms with Gasteiger partial charge in [-0.2, -0.15) is 0 Å². The summed E-state index contributed by atoms with van der Waals surface area (Å²) in [4.78, 5) is 38.9. The lowest BCUT2D eigenvalue weighted by atomic mass is 9.89. The van der Waals surface area contributed by atoms with Gasteiger partial charge in [0.2, 0.25) is 5.91 Å². The van der Waals surface area contributed by atoms with Crippen LogP contribution in [0.1, 0.15) is 61.4 Å². The Bertz CT molecular complexity index is 905. The third-order valence-electron chi connectivity index (χ3n) is 4.91. The Morgan fingerprint density at radius 3 is 2.61 bits per heavy atom. The molecule has 148 valence electrons. The smallest absolute Gasteiger partial charge is 0.337 e. The topological polar surface area (TPSA) is 96.3 Å². The van der Waals surface area contributed by atoms with Gasteiger partial charge in [0.25, 0.3) is 0 Å². The van der Waals surface area contributed by atoms with Gasteiger partial charge in [-0.15, -0.1) is 0 Å². The van der Waals surface area contributed by atoms with Crippen LogP contribution in [-0.2, 0) is 4.79 Å². The van der Waals surface area contributed by atoms with Gasteiger partial charge in [-0.05, 0) is 31.9 Å². The Balaban J connectivity index is 1.90. The number of aryl methyl sites for hydroxylation is 1. The number of likely N-dealkylation sites (tertiary alicyclic amines) is 1. The number of rotatable bonds is 3. The highest BCUT2D eigenvalue weighted by molar-refractivity contribution is 5.88. The van der Waals surface area contributed by atoms with E-state index in [0.717, 1.165) is 25.1 Å². The first kappa shape index (κ1) is 19.9. The van der Waals surface area contributed by atoms with Crippen molar-refractivity contribution in [3.8, 4) is 11.3 Å². The summed E-state index contributed by atoms with van der Waals surface area (Å²) in [5.41, 5.74) is 1.89. The van der Waals surface area contributed by atoms with Gasteiger partial charge in [-0.25, -0.2) is 14.8 Å². The summed E-state index contributed by atoms with van der Waals surface area (Å²) in [6, 6.07) is 3.46. The number of aromatic carboxylic acids is 1. The number of carbonyl (C=O) groups excluding carboxylic acids is 1. The maximum atomic E-state index is 12.7. The number of hydrogen-bond donors (Lipinski definition) is 1. The zero-order valence-electron chi connectivity index (χ0n) is 16.8. The largest absolute Gasteiger partial charge is 0.478 e. The van der Waals surface area contributed by atoms with Crippen molar-refractivity contribution in [1.29, 1.82) is 0 Å². The van der Waals surface area contributed by atoms with Crippen LogP contribution in [0.15, 0.2) is 24.5 Å². The molecule has 1 aliphatic heterocycles. The highest BCUT2D eigenvalue weighted by atomic mass is 16.4. The second kappa shape index (κ2) is 7.66. The van der Waals surface area contributed by atoms with E-state index in [1.807, 2.05) is 38.7 Å². The zero-order valence-corrected chi connectivity index (χ0v) is 16.8. The van der Waals surface area contributed by atoms with Gasteiger partial charge in [-0.1, -0.05) is 20.8 Å². The first-order chi connectivity index (χ1) is 13.1. The molecule has 7 nitrogen and oxygen atoms in total. The Kier molecular flexibility index (Phi) is 5.45. The monoisotopic (exact) mass is 382 g/mol. The second-order valence-corrected chi connectivity index (χ2v) is 8.33. The summed E-state index contributed by atoms with van der Waals surface area (Å²) in [5, 5.41) is 9.21. The quantitative estimate of drug-likeness (QED) is 0.875. The molecule has 28 heavy (non-hydrogen) atoms. The molecule has 1 N–H and O–H groups in total. The van der Waals surface area contributed by atoms with E-state index >= 15 is 0 Å². The molecule has 0 bridgehead atoms. The Morgan fingerprint density at radius 2 is 1.93 bits per heavy atom. The van der Waals surface area contributed by atoms with Gasteiger partial charge in [0, 0.05) is 48.1 Å². The summed E-state index contributed by atoms with van der Waals surface area (Å²) >= 11 is 0. The van der Waals surface area contributed by atoms with Crippen LogP contribution < -0.4 is 0 Å². The zero-order chi connectivity index (χ0) is 20.5. The van der Waals surface area contributed by atoms with Crippen molar-refractivity contribution in [1.82, 2.24) is 19.9 Å². The van der Waals surface area contributed by atoms with Crippen LogP contribution in [0.5, 0.6) is 0 Å². The molecule has 2 aromatic heterocycles. The van der Waals surface area contributed by atoms with E-state index in [9.17, 15) is 14.7 Å². The average molecular weight is 382 g/mol. The number of aromatic nitrogens is 3. The van der Waals surface area contributed by atoms with E-state index in [-0.39, 0.29) is 17.4 Å². The number of carboxylic acids is 1. The molecule has 3 rings (SSSR count). The highest BCUT2D eigenvalue weighted by Crippen LogP contribution is 2.30. The van der Waals surface area contributed by atoms with Crippen LogP contribution in [0.2, 0.25) is 0 Å². The molecule has 2 aromatic rings. The third kappa shape index (κ3) is 4.35. The van der Waals surface area contributed by atoms with Crippen molar-refractivity contribution in [2.24, 2.45) is 5.41 Å². The van der Waals surface area contributed by atoms with Gasteiger partial charge in [0.05, 0.1) is 11.3 Å². The lowest BCUT2D eigenvalue weighted by Gasteiger charge is -2.36. The van der Waals surface area contributed by atoms with E-state index in [1.54, 1.807) is 12.3 Å². The van der Waals surface area contributed by atoms with E-state index in [4.69, 9.17) is 0 Å². The molecule has 0 aromatic carbocycles. The fourth-order valence-electron chi connectivity index (χ4n) is 3.52. The van der Waals surface area contributed by atoms with Crippen molar-refractivity contribution >= 4 is 11.9 Å². The summed E-state index contributed by atoms with van der Waals surface area (Å²) in [7, 11) is 0. The maximum absolute atomic E-state index is 12.7. The number of carboxylic acid groups (broad SMARTS) is 1. The molecule has 1 saturated heterocycles. The summed E-state index contributed by atoms with van der Waals surface area (Å²) in [6.07, 6.45) is 4.81. The number of pyridine rings is 1. The van der Waals surface area contributed by atoms with Crippen LogP contribution in [-0.4, -0.2) is 49.9 Å². The van der Waals surface area contributed by atoms with Crippen molar-refractivity contribution in [2.45, 2.75) is 46.5 Å². The molecule has 0 aliphatic carbocycles. The standard InChI is InChI=1S/C21H26N4O3/c1-13-23-17(14-6-5-7-25(12-14)20(28)21(2,3)4)9-18(24-13)15-8-16(19(26)27)11-22-10-15/h8-11,14H,5-7,12H2,1-4H3,(H,26,27)/t14-/m0/s1. The molecule has 0 saturated carbocycles. The molecule has 0 unspecified atom stereocenters. The van der Waals surface area contributed by atoms with Gasteiger partial charge in [0.1, 0.15) is 5.82 Å². The number of carbonyl (C=O) groups is 2. The number of amides is 1. The fraction of sp³-hybridized carbons (Fsp3) is 0.476. The lowest BCUT2D eigenvalue weighted by Crippen LogP contribution is -2.44. The second-order valence-electron chi connectivity index (χ2n) is 8.33. The molecule has 1 fully saturated rings. The van der Waals surface area contributed by atoms with E-state index in [1.165, 1.54) is 6.20 Å². The summed E-state index contributed by atoms with van der Waals surface area (Å²) in [6.45, 7) is 9.05. The Hall–Kier alpha value is -2.83. The molecule has 0 radical (unpaired) electrons. The minimum atomic E-state index is -1.02. The van der Waals surface area contributed by atoms with Crippen molar-refractivity contribution in [2.75, 3.05) is 13.1 Å². The Labute approximate surface area is 164 Å². The number of piperidine rings is 1. The first-order valence-corrected chi connectivity index (χ1v) is 9.49. The van der Waals surface area contributed by atoms with E-state index in [0.29, 0.717) is 23.6 Å². The van der Waals surface area contributed by atoms with Crippen molar-refractivity contribution in [3.63, 3.8) is 0 Å². The van der Waals surface area contributed by atoms with Gasteiger partial charge < -0.3 is 10.0 Å². The van der Waals surface area contributed by atoms with Crippen LogP contribution in [0.4, 0.5) is 0 Å². The van der Waals surface area contributed by atoms with Crippen molar-refractivity contribution < 1.29 is 14.7 Å². The van der Waals surface area contributed by atoms with E-state index in [2.05, 4.69) is 15.0 Å². The summed E-state index contributed by atoms with van der Waals surface area (Å²) < 4.78 is 0. The van der Waals surface area contributed by atoms with Gasteiger partial charge in [-0.3, -0.25) is 9.78 Å². The molecule has 3 heterocycles. The molecule has 1 atom stereocenters. The predicted octanol–water partition coefficient (Wildman–Crippen LogP) is 3.30. The number of hydrogen-bond acceptors (Lipinski definition) is 5. The van der Waals surface area contributed by atoms with Crippen LogP contribution in [0.25, 0.3) is 11.3 Å². The minimum Gasteiger partial charge on any atom is -0.478 e. The lowest BCUT2D eigenvalue weighted by molar-refractivity contribution is -0.140. The van der Waals surface area contributed by atoms with Crippen molar-refractivity contribution in [3.05, 3.63) is 41.6 Å². The normalized spacial score (nSPS) is 17.4. The van der Waals surface area contributed by atoms with Crippen LogP contribution in [0.3, 0.4) is 0 Å². The van der Waals surface area contributed by atoms with E-state index < -0.39 is 11.4 Å². The molecule has 1 amide bonds. The first-order valence-electron chi connectivity index (χ1n) is 9.49. The van der Waals surface area contributed by atoms with Gasteiger partial charge >= 0.3 is 5.97 Å². The minimum absolute atomic E-state index is 0.120. The number of nitrogens with zero attached hydrogens (tertiary/aromatic N) is 4. The molecular weight excluding hydrogens is 356 g/mol. The molecule has 1 aliphatic rings. The summed E-state index contributed by atoms with van der Waals surface area (Å²) in [5.74, 6) is -0.117. The predicted molar refractivity (Wildman–Crippen MR) is 105 cm³/mol. The Morgan fingerprint density at radius 1 is 1.18 bits per heavy atom. The molecule has 0 spiro atoms. The SMILES string of the molecule is Cc1nc(-c2cncc(C(=O)O)c2)cc([C@H]2CCCN(C(=O)C(C)(C)C)C2)n1. The average Bonchev–Trinajstić information content (AvgIpc) is 2.66. The highest BCUT2D eigenvalue weighted by Gasteiger charge is 2.32. The third-order valence-corrected chi connectivity index (χ3v) is 4.91. The van der Waals surface area contributed by atoms with Gasteiger partial charge in [0.15, 0.2) is 0 Å². The van der Waals surface area contributed by atoms with Crippen LogP contribution >= 0.6 is 0 Å². The fourth-order valence-corrected chi connectivity index (χ4v) is 3.52. The molecular formula is C21H26N4O3.